The maximum atomic E-state index is 13.5. The van der Waals surface area contributed by atoms with Gasteiger partial charge in [-0.15, -0.1) is 0 Å². The van der Waals surface area contributed by atoms with Gasteiger partial charge in [0.2, 0.25) is 23.6 Å². The first-order valence-corrected chi connectivity index (χ1v) is 13.4. The van der Waals surface area contributed by atoms with Gasteiger partial charge in [0.05, 0.1) is 0 Å². The Morgan fingerprint density at radius 3 is 2.42 bits per heavy atom. The number of likely N-dealkylation sites (tertiary alicyclic amines) is 1. The van der Waals surface area contributed by atoms with Crippen molar-refractivity contribution in [1.82, 2.24) is 15.1 Å². The molecule has 202 valence electrons. The number of halogens is 1. The second-order valence-electron chi connectivity index (χ2n) is 9.84. The fourth-order valence-corrected chi connectivity index (χ4v) is 4.87. The van der Waals surface area contributed by atoms with Crippen LogP contribution in [0.2, 0.25) is 5.02 Å². The molecular weight excluding hydrogens is 506 g/mol. The molecule has 10 heteroatoms. The van der Waals surface area contributed by atoms with Crippen molar-refractivity contribution in [3.63, 3.8) is 0 Å². The molecule has 2 heterocycles. The zero-order valence-electron chi connectivity index (χ0n) is 21.5. The van der Waals surface area contributed by atoms with Gasteiger partial charge in [-0.05, 0) is 61.2 Å². The van der Waals surface area contributed by atoms with E-state index in [-0.39, 0.29) is 44.2 Å². The topological polar surface area (TPSA) is 125 Å². The lowest BCUT2D eigenvalue weighted by Gasteiger charge is -2.37. The molecule has 2 aliphatic heterocycles. The molecule has 1 saturated heterocycles. The third-order valence-electron chi connectivity index (χ3n) is 7.15. The van der Waals surface area contributed by atoms with Crippen LogP contribution in [0.3, 0.4) is 0 Å². The number of nitrogens with one attached hydrogen (secondary N) is 2. The monoisotopic (exact) mass is 539 g/mol. The Hall–Kier alpha value is -3.43. The van der Waals surface area contributed by atoms with E-state index in [4.69, 9.17) is 17.3 Å². The molecular formula is C28H34ClN5O4. The second-order valence-corrected chi connectivity index (χ2v) is 10.2. The normalized spacial score (nSPS) is 17.2. The summed E-state index contributed by atoms with van der Waals surface area (Å²) in [5.74, 6) is -1.13. The molecule has 4 amide bonds. The van der Waals surface area contributed by atoms with Crippen molar-refractivity contribution in [3.8, 4) is 0 Å². The molecule has 2 aliphatic rings. The number of nitrogens with zero attached hydrogens (tertiary/aromatic N) is 2. The highest BCUT2D eigenvalue weighted by atomic mass is 35.5. The van der Waals surface area contributed by atoms with E-state index in [9.17, 15) is 19.2 Å². The maximum absolute atomic E-state index is 13.5. The van der Waals surface area contributed by atoms with E-state index in [0.717, 1.165) is 36.2 Å². The summed E-state index contributed by atoms with van der Waals surface area (Å²) < 4.78 is 0. The Morgan fingerprint density at radius 2 is 1.76 bits per heavy atom. The quantitative estimate of drug-likeness (QED) is 0.451. The van der Waals surface area contributed by atoms with Crippen molar-refractivity contribution in [2.24, 2.45) is 5.73 Å². The number of nitrogens with two attached hydrogens (primary N) is 1. The minimum absolute atomic E-state index is 0.0317. The third kappa shape index (κ3) is 6.52. The molecule has 0 spiro atoms. The summed E-state index contributed by atoms with van der Waals surface area (Å²) >= 11 is 6.09. The SMILES string of the molecule is Cc1cc(NC(=O)[C@H](CCN)NC(=O)[C@@H]2Cc3ccccc3CN2C(=O)CCC(=O)N2CCC2)ccc1Cl. The Morgan fingerprint density at radius 1 is 1.05 bits per heavy atom. The van der Waals surface area contributed by atoms with Gasteiger partial charge in [-0.1, -0.05) is 35.9 Å². The molecule has 0 radical (unpaired) electrons. The molecule has 0 aliphatic carbocycles. The van der Waals surface area contributed by atoms with Crippen molar-refractivity contribution < 1.29 is 19.2 Å². The molecule has 0 aromatic heterocycles. The second kappa shape index (κ2) is 12.4. The van der Waals surface area contributed by atoms with Gasteiger partial charge in [0.1, 0.15) is 12.1 Å². The molecule has 0 saturated carbocycles. The largest absolute Gasteiger partial charge is 0.343 e. The summed E-state index contributed by atoms with van der Waals surface area (Å²) in [6.45, 7) is 3.75. The van der Waals surface area contributed by atoms with Gasteiger partial charge in [-0.25, -0.2) is 0 Å². The van der Waals surface area contributed by atoms with Gasteiger partial charge in [0, 0.05) is 49.6 Å². The van der Waals surface area contributed by atoms with Gasteiger partial charge >= 0.3 is 0 Å². The lowest BCUT2D eigenvalue weighted by Crippen LogP contribution is -2.56. The van der Waals surface area contributed by atoms with Crippen LogP contribution in [0.1, 0.15) is 42.4 Å². The molecule has 2 aromatic rings. The summed E-state index contributed by atoms with van der Waals surface area (Å²) in [7, 11) is 0. The summed E-state index contributed by atoms with van der Waals surface area (Å²) in [6, 6.07) is 11.1. The molecule has 0 bridgehead atoms. The van der Waals surface area contributed by atoms with Gasteiger partial charge in [-0.3, -0.25) is 19.2 Å². The van der Waals surface area contributed by atoms with Crippen LogP contribution in [0.25, 0.3) is 0 Å². The van der Waals surface area contributed by atoms with Crippen LogP contribution in [0.4, 0.5) is 5.69 Å². The van der Waals surface area contributed by atoms with Crippen LogP contribution in [0, 0.1) is 6.92 Å². The number of aryl methyl sites for hydroxylation is 1. The predicted molar refractivity (Wildman–Crippen MR) is 145 cm³/mol. The van der Waals surface area contributed by atoms with Gasteiger partial charge in [0.15, 0.2) is 0 Å². The van der Waals surface area contributed by atoms with Crippen LogP contribution in [-0.4, -0.2) is 65.1 Å². The number of hydrogen-bond acceptors (Lipinski definition) is 5. The van der Waals surface area contributed by atoms with Gasteiger partial charge in [0.25, 0.3) is 0 Å². The van der Waals surface area contributed by atoms with E-state index in [0.29, 0.717) is 17.1 Å². The summed E-state index contributed by atoms with van der Waals surface area (Å²) in [5, 5.41) is 6.23. The minimum Gasteiger partial charge on any atom is -0.343 e. The van der Waals surface area contributed by atoms with Crippen molar-refractivity contribution >= 4 is 40.9 Å². The smallest absolute Gasteiger partial charge is 0.246 e. The lowest BCUT2D eigenvalue weighted by atomic mass is 9.92. The molecule has 0 unspecified atom stereocenters. The number of benzene rings is 2. The Labute approximate surface area is 227 Å². The first kappa shape index (κ1) is 27.6. The number of carbonyl (C=O) groups is 4. The summed E-state index contributed by atoms with van der Waals surface area (Å²) in [4.78, 5) is 55.5. The standard InChI is InChI=1S/C28H34ClN5O4/c1-18-15-21(7-8-22(18)29)31-27(37)23(11-12-30)32-28(38)24-16-19-5-2-3-6-20(19)17-34(24)26(36)10-9-25(35)33-13-4-14-33/h2-3,5-8,15,23-24H,4,9-14,16-17,30H2,1H3,(H,31,37)(H,32,38)/t23-,24-/m0/s1. The van der Waals surface area contributed by atoms with E-state index in [1.54, 1.807) is 23.1 Å². The molecule has 4 N–H and O–H groups in total. The van der Waals surface area contributed by atoms with Crippen molar-refractivity contribution in [1.29, 1.82) is 0 Å². The van der Waals surface area contributed by atoms with E-state index < -0.39 is 23.9 Å². The molecule has 2 aromatic carbocycles. The predicted octanol–water partition coefficient (Wildman–Crippen LogP) is 2.39. The number of anilines is 1. The molecule has 9 nitrogen and oxygen atoms in total. The number of fused-ring (bicyclic) bond motifs is 1. The molecule has 38 heavy (non-hydrogen) atoms. The van der Waals surface area contributed by atoms with E-state index in [2.05, 4.69) is 10.6 Å². The van der Waals surface area contributed by atoms with Gasteiger partial charge in [-0.2, -0.15) is 0 Å². The fraction of sp³-hybridized carbons (Fsp3) is 0.429. The average molecular weight is 540 g/mol. The van der Waals surface area contributed by atoms with Crippen LogP contribution in [0.5, 0.6) is 0 Å². The van der Waals surface area contributed by atoms with Crippen molar-refractivity contribution in [2.75, 3.05) is 25.0 Å². The Balaban J connectivity index is 1.47. The zero-order valence-corrected chi connectivity index (χ0v) is 22.3. The highest BCUT2D eigenvalue weighted by Crippen LogP contribution is 2.25. The van der Waals surface area contributed by atoms with Crippen molar-refractivity contribution in [2.45, 2.75) is 57.7 Å². The van der Waals surface area contributed by atoms with Crippen LogP contribution in [-0.2, 0) is 32.1 Å². The summed E-state index contributed by atoms with van der Waals surface area (Å²) in [5.41, 5.74) is 9.07. The molecule has 4 rings (SSSR count). The van der Waals surface area contributed by atoms with Crippen LogP contribution < -0.4 is 16.4 Å². The van der Waals surface area contributed by atoms with Crippen LogP contribution in [0.15, 0.2) is 42.5 Å². The van der Waals surface area contributed by atoms with Crippen molar-refractivity contribution in [3.05, 3.63) is 64.2 Å². The first-order valence-electron chi connectivity index (χ1n) is 13.0. The van der Waals surface area contributed by atoms with E-state index in [1.165, 1.54) is 4.90 Å². The highest BCUT2D eigenvalue weighted by molar-refractivity contribution is 6.31. The number of carbonyl (C=O) groups excluding carboxylic acids is 4. The van der Waals surface area contributed by atoms with E-state index in [1.807, 2.05) is 31.2 Å². The molecule has 1 fully saturated rings. The van der Waals surface area contributed by atoms with E-state index >= 15 is 0 Å². The Bertz CT molecular complexity index is 1220. The van der Waals surface area contributed by atoms with Gasteiger partial charge < -0.3 is 26.2 Å². The third-order valence-corrected chi connectivity index (χ3v) is 7.57. The number of hydrogen-bond donors (Lipinski definition) is 3. The number of rotatable bonds is 9. The zero-order chi connectivity index (χ0) is 27.2. The minimum atomic E-state index is -0.884. The fourth-order valence-electron chi connectivity index (χ4n) is 4.76. The first-order chi connectivity index (χ1) is 18.3. The Kier molecular flexibility index (Phi) is 9.01. The maximum Gasteiger partial charge on any atom is 0.246 e. The highest BCUT2D eigenvalue weighted by Gasteiger charge is 2.36. The lowest BCUT2D eigenvalue weighted by molar-refractivity contribution is -0.144. The van der Waals surface area contributed by atoms with Crippen LogP contribution >= 0.6 is 11.6 Å². The summed E-state index contributed by atoms with van der Waals surface area (Å²) in [6.07, 6.45) is 1.68. The average Bonchev–Trinajstić information content (AvgIpc) is 2.87. The number of amides is 4. The molecule has 2 atom stereocenters.